The Bertz CT molecular complexity index is 1550. The van der Waals surface area contributed by atoms with Gasteiger partial charge >= 0.3 is 0 Å². The first kappa shape index (κ1) is 28.3. The molecule has 4 aromatic rings. The normalized spacial score (nSPS) is 20.8. The van der Waals surface area contributed by atoms with Crippen molar-refractivity contribution in [3.63, 3.8) is 0 Å². The van der Waals surface area contributed by atoms with Crippen LogP contribution in [-0.2, 0) is 26.1 Å². The third-order valence-corrected chi connectivity index (χ3v) is 9.71. The van der Waals surface area contributed by atoms with Gasteiger partial charge in [0.25, 0.3) is 0 Å². The van der Waals surface area contributed by atoms with Crippen LogP contribution in [0, 0.1) is 5.82 Å². The smallest absolute Gasteiger partial charge is 0.164 e. The predicted molar refractivity (Wildman–Crippen MR) is 156 cm³/mol. The maximum Gasteiger partial charge on any atom is 0.164 e. The van der Waals surface area contributed by atoms with Crippen molar-refractivity contribution >= 4 is 44.1 Å². The highest BCUT2D eigenvalue weighted by Crippen LogP contribution is 2.42. The fourth-order valence-corrected chi connectivity index (χ4v) is 6.95. The Morgan fingerprint density at radius 3 is 2.54 bits per heavy atom. The minimum absolute atomic E-state index is 0.249. The molecule has 1 saturated heterocycles. The highest BCUT2D eigenvalue weighted by Gasteiger charge is 2.43. The van der Waals surface area contributed by atoms with E-state index < -0.39 is 39.0 Å². The molecule has 0 aliphatic carbocycles. The highest BCUT2D eigenvalue weighted by atomic mass is 35.5. The van der Waals surface area contributed by atoms with Crippen LogP contribution < -0.4 is 4.72 Å². The van der Waals surface area contributed by atoms with Crippen LogP contribution in [0.2, 0.25) is 5.02 Å². The van der Waals surface area contributed by atoms with Crippen molar-refractivity contribution in [1.82, 2.24) is 14.7 Å². The zero-order valence-electron chi connectivity index (χ0n) is 22.7. The van der Waals surface area contributed by atoms with Crippen LogP contribution in [0.1, 0.15) is 63.6 Å². The number of rotatable bonds is 6. The average Bonchev–Trinajstić information content (AvgIpc) is 3.43. The molecule has 0 radical (unpaired) electrons. The van der Waals surface area contributed by atoms with Crippen LogP contribution >= 0.6 is 22.9 Å². The van der Waals surface area contributed by atoms with Crippen molar-refractivity contribution in [1.29, 1.82) is 0 Å². The molecule has 1 N–H and O–H groups in total. The van der Waals surface area contributed by atoms with E-state index in [1.54, 1.807) is 24.5 Å². The molecule has 4 heterocycles. The van der Waals surface area contributed by atoms with Crippen LogP contribution in [0.3, 0.4) is 0 Å². The monoisotopic (exact) mass is 587 g/mol. The number of pyridine rings is 2. The summed E-state index contributed by atoms with van der Waals surface area (Å²) < 4.78 is 43.8. The standard InChI is InChI=1S/C29H31ClFN3O3S2/c1-27(2,3)39(35)34-25(24-19(30)8-7-9-20(24)31)23-15-22-26(38-23)18(11-13-33-22)21-14-17(10-12-32-21)29(6)16-36-28(4,5)37-29/h7-15,25,34H,16H2,1-6H3. The number of aromatic nitrogens is 2. The molecule has 10 heteroatoms. The summed E-state index contributed by atoms with van der Waals surface area (Å²) in [7, 11) is -1.49. The molecule has 0 amide bonds. The number of ether oxygens (including phenoxy) is 2. The zero-order valence-corrected chi connectivity index (χ0v) is 25.1. The molecule has 1 aromatic carbocycles. The SMILES string of the molecule is CC1(C)OCC(C)(c2ccnc(-c3ccnc4cc(C(NS(=O)C(C)(C)C)c5c(F)cccc5Cl)sc34)c2)O1. The summed E-state index contributed by atoms with van der Waals surface area (Å²) in [6.07, 6.45) is 3.50. The van der Waals surface area contributed by atoms with Gasteiger partial charge in [-0.2, -0.15) is 0 Å². The van der Waals surface area contributed by atoms with Crippen LogP contribution in [0.15, 0.2) is 54.9 Å². The van der Waals surface area contributed by atoms with Crippen LogP contribution in [-0.4, -0.2) is 31.3 Å². The average molecular weight is 588 g/mol. The Balaban J connectivity index is 1.61. The third kappa shape index (κ3) is 5.66. The van der Waals surface area contributed by atoms with Gasteiger partial charge in [0.1, 0.15) is 11.4 Å². The lowest BCUT2D eigenvalue weighted by Gasteiger charge is -2.25. The lowest BCUT2D eigenvalue weighted by molar-refractivity contribution is -0.159. The number of nitrogens with zero attached hydrogens (tertiary/aromatic N) is 2. The van der Waals surface area contributed by atoms with Gasteiger partial charge in [-0.3, -0.25) is 9.97 Å². The molecule has 0 spiro atoms. The number of benzene rings is 1. The van der Waals surface area contributed by atoms with Crippen LogP contribution in [0.5, 0.6) is 0 Å². The van der Waals surface area contributed by atoms with E-state index in [0.29, 0.717) is 6.61 Å². The molecule has 0 bridgehead atoms. The number of halogens is 2. The Kier molecular flexibility index (Phi) is 7.45. The van der Waals surface area contributed by atoms with Crippen molar-refractivity contribution in [3.8, 4) is 11.3 Å². The summed E-state index contributed by atoms with van der Waals surface area (Å²) in [6.45, 7) is 11.8. The lowest BCUT2D eigenvalue weighted by Crippen LogP contribution is -2.36. The molecule has 3 atom stereocenters. The number of hydrogen-bond acceptors (Lipinski definition) is 6. The first-order chi connectivity index (χ1) is 18.3. The van der Waals surface area contributed by atoms with Gasteiger partial charge in [-0.05, 0) is 83.5 Å². The molecule has 6 nitrogen and oxygen atoms in total. The molecule has 206 valence electrons. The molecule has 1 fully saturated rings. The minimum Gasteiger partial charge on any atom is -0.347 e. The molecule has 3 unspecified atom stereocenters. The van der Waals surface area contributed by atoms with Crippen molar-refractivity contribution in [3.05, 3.63) is 81.7 Å². The molecular formula is C29H31ClFN3O3S2. The van der Waals surface area contributed by atoms with Crippen LogP contribution in [0.25, 0.3) is 21.5 Å². The summed E-state index contributed by atoms with van der Waals surface area (Å²) in [5, 5.41) is 0.258. The summed E-state index contributed by atoms with van der Waals surface area (Å²) in [6, 6.07) is 11.6. The summed E-state index contributed by atoms with van der Waals surface area (Å²) in [4.78, 5) is 9.98. The van der Waals surface area contributed by atoms with Gasteiger partial charge in [0.2, 0.25) is 0 Å². The molecule has 3 aromatic heterocycles. The zero-order chi connectivity index (χ0) is 28.2. The van der Waals surface area contributed by atoms with Crippen LogP contribution in [0.4, 0.5) is 4.39 Å². The van der Waals surface area contributed by atoms with E-state index in [0.717, 1.165) is 31.9 Å². The van der Waals surface area contributed by atoms with E-state index in [2.05, 4.69) is 14.7 Å². The Morgan fingerprint density at radius 1 is 1.13 bits per heavy atom. The van der Waals surface area contributed by atoms with Gasteiger partial charge in [-0.1, -0.05) is 17.7 Å². The fourth-order valence-electron chi connectivity index (χ4n) is 4.59. The van der Waals surface area contributed by atoms with Gasteiger partial charge in [0.15, 0.2) is 5.79 Å². The highest BCUT2D eigenvalue weighted by molar-refractivity contribution is 7.84. The van der Waals surface area contributed by atoms with E-state index in [1.807, 2.05) is 65.8 Å². The third-order valence-electron chi connectivity index (χ3n) is 6.60. The summed E-state index contributed by atoms with van der Waals surface area (Å²) in [5.74, 6) is -1.14. The Labute approximate surface area is 239 Å². The quantitative estimate of drug-likeness (QED) is 0.256. The first-order valence-corrected chi connectivity index (χ1v) is 14.9. The molecule has 1 aliphatic heterocycles. The van der Waals surface area contributed by atoms with Gasteiger partial charge in [0, 0.05) is 33.4 Å². The summed E-state index contributed by atoms with van der Waals surface area (Å²) >= 11 is 7.94. The van der Waals surface area contributed by atoms with Gasteiger partial charge < -0.3 is 9.47 Å². The number of fused-ring (bicyclic) bond motifs is 1. The number of thiophene rings is 1. The second kappa shape index (κ2) is 10.3. The number of nitrogens with one attached hydrogen (secondary N) is 1. The molecule has 0 saturated carbocycles. The van der Waals surface area contributed by atoms with Crippen molar-refractivity contribution in [2.75, 3.05) is 6.61 Å². The largest absolute Gasteiger partial charge is 0.347 e. The Hall–Kier alpha value is -2.27. The maximum atomic E-state index is 15.1. The van der Waals surface area contributed by atoms with E-state index in [1.165, 1.54) is 17.4 Å². The Morgan fingerprint density at radius 2 is 1.87 bits per heavy atom. The maximum absolute atomic E-state index is 15.1. The second-order valence-corrected chi connectivity index (χ2v) is 14.7. The van der Waals surface area contributed by atoms with Gasteiger partial charge in [-0.25, -0.2) is 13.3 Å². The van der Waals surface area contributed by atoms with Crippen molar-refractivity contribution in [2.45, 2.75) is 63.7 Å². The van der Waals surface area contributed by atoms with E-state index in [-0.39, 0.29) is 10.6 Å². The molecule has 1 aliphatic rings. The lowest BCUT2D eigenvalue weighted by atomic mass is 9.96. The number of hydrogen-bond donors (Lipinski definition) is 1. The van der Waals surface area contributed by atoms with Crippen molar-refractivity contribution in [2.24, 2.45) is 0 Å². The van der Waals surface area contributed by atoms with Gasteiger partial charge in [0.05, 0.1) is 44.3 Å². The minimum atomic E-state index is -1.49. The second-order valence-electron chi connectivity index (χ2n) is 11.2. The van der Waals surface area contributed by atoms with Gasteiger partial charge in [-0.15, -0.1) is 11.3 Å². The van der Waals surface area contributed by atoms with E-state index in [9.17, 15) is 4.21 Å². The van der Waals surface area contributed by atoms with E-state index >= 15 is 4.39 Å². The topological polar surface area (TPSA) is 73.3 Å². The van der Waals surface area contributed by atoms with Crippen molar-refractivity contribution < 1.29 is 18.1 Å². The molecular weight excluding hydrogens is 557 g/mol. The molecule has 39 heavy (non-hydrogen) atoms. The molecule has 5 rings (SSSR count). The fraction of sp³-hybridized carbons (Fsp3) is 0.379. The summed E-state index contributed by atoms with van der Waals surface area (Å²) in [5.41, 5.74) is 2.97. The van der Waals surface area contributed by atoms with E-state index in [4.69, 9.17) is 21.1 Å². The predicted octanol–water partition coefficient (Wildman–Crippen LogP) is 7.29. The first-order valence-electron chi connectivity index (χ1n) is 12.6.